The lowest BCUT2D eigenvalue weighted by Crippen LogP contribution is -2.20. The van der Waals surface area contributed by atoms with Crippen molar-refractivity contribution in [1.29, 1.82) is 0 Å². The van der Waals surface area contributed by atoms with E-state index in [9.17, 15) is 9.90 Å². The highest BCUT2D eigenvalue weighted by atomic mass is 35.5. The Hall–Kier alpha value is -3.08. The SMILES string of the molecule is C[C@H](NCc1c(C(=O)O)n(Cc2ccccc2Cl)c2ccccc12)c1ccccc1. The summed E-state index contributed by atoms with van der Waals surface area (Å²) < 4.78 is 1.85. The van der Waals surface area contributed by atoms with Gasteiger partial charge in [-0.05, 0) is 30.2 Å². The Kier molecular flexibility index (Phi) is 5.88. The van der Waals surface area contributed by atoms with Gasteiger partial charge in [-0.25, -0.2) is 4.79 Å². The topological polar surface area (TPSA) is 54.3 Å². The minimum Gasteiger partial charge on any atom is -0.477 e. The van der Waals surface area contributed by atoms with Crippen molar-refractivity contribution in [2.75, 3.05) is 0 Å². The van der Waals surface area contributed by atoms with Gasteiger partial charge in [-0.1, -0.05) is 78.3 Å². The second-order valence-electron chi connectivity index (χ2n) is 7.34. The van der Waals surface area contributed by atoms with Crippen molar-refractivity contribution in [3.8, 4) is 0 Å². The number of benzene rings is 3. The minimum atomic E-state index is -0.942. The molecule has 0 radical (unpaired) electrons. The maximum absolute atomic E-state index is 12.3. The van der Waals surface area contributed by atoms with Gasteiger partial charge in [0.25, 0.3) is 0 Å². The number of fused-ring (bicyclic) bond motifs is 1. The van der Waals surface area contributed by atoms with Crippen LogP contribution in [0.4, 0.5) is 0 Å². The lowest BCUT2D eigenvalue weighted by atomic mass is 10.1. The zero-order valence-electron chi connectivity index (χ0n) is 16.7. The maximum atomic E-state index is 12.3. The molecular formula is C25H23ClN2O2. The molecule has 1 heterocycles. The molecule has 0 bridgehead atoms. The van der Waals surface area contributed by atoms with E-state index in [-0.39, 0.29) is 6.04 Å². The molecule has 0 aliphatic rings. The van der Waals surface area contributed by atoms with Gasteiger partial charge in [0.1, 0.15) is 5.69 Å². The molecule has 3 aromatic carbocycles. The van der Waals surface area contributed by atoms with Crippen LogP contribution in [0.15, 0.2) is 78.9 Å². The molecule has 0 aliphatic heterocycles. The fourth-order valence-electron chi connectivity index (χ4n) is 3.87. The molecule has 0 spiro atoms. The highest BCUT2D eigenvalue weighted by Crippen LogP contribution is 2.29. The van der Waals surface area contributed by atoms with E-state index in [2.05, 4.69) is 24.4 Å². The van der Waals surface area contributed by atoms with Gasteiger partial charge in [0.2, 0.25) is 0 Å². The number of carbonyl (C=O) groups is 1. The number of carboxylic acid groups (broad SMARTS) is 1. The molecule has 1 aromatic heterocycles. The molecule has 4 rings (SSSR count). The summed E-state index contributed by atoms with van der Waals surface area (Å²) in [4.78, 5) is 12.3. The number of rotatable bonds is 7. The van der Waals surface area contributed by atoms with Crippen molar-refractivity contribution < 1.29 is 9.90 Å². The van der Waals surface area contributed by atoms with Crippen molar-refractivity contribution in [2.45, 2.75) is 26.1 Å². The summed E-state index contributed by atoms with van der Waals surface area (Å²) >= 11 is 6.36. The molecule has 5 heteroatoms. The van der Waals surface area contributed by atoms with Crippen LogP contribution in [0, 0.1) is 0 Å². The van der Waals surface area contributed by atoms with E-state index < -0.39 is 5.97 Å². The lowest BCUT2D eigenvalue weighted by molar-refractivity contribution is 0.0684. The van der Waals surface area contributed by atoms with Crippen molar-refractivity contribution >= 4 is 28.5 Å². The number of nitrogens with zero attached hydrogens (tertiary/aromatic N) is 1. The Morgan fingerprint density at radius 1 is 1.00 bits per heavy atom. The number of halogens is 1. The third kappa shape index (κ3) is 3.97. The van der Waals surface area contributed by atoms with E-state index in [1.165, 1.54) is 0 Å². The van der Waals surface area contributed by atoms with Gasteiger partial charge in [-0.2, -0.15) is 0 Å². The average Bonchev–Trinajstić information content (AvgIpc) is 3.08. The van der Waals surface area contributed by atoms with E-state index in [4.69, 9.17) is 11.6 Å². The molecule has 2 N–H and O–H groups in total. The Bertz CT molecular complexity index is 1180. The normalized spacial score (nSPS) is 12.2. The van der Waals surface area contributed by atoms with Gasteiger partial charge in [-0.3, -0.25) is 0 Å². The van der Waals surface area contributed by atoms with Crippen LogP contribution in [0.3, 0.4) is 0 Å². The summed E-state index contributed by atoms with van der Waals surface area (Å²) in [6, 6.07) is 25.6. The van der Waals surface area contributed by atoms with Crippen LogP contribution < -0.4 is 5.32 Å². The number of hydrogen-bond acceptors (Lipinski definition) is 2. The highest BCUT2D eigenvalue weighted by Gasteiger charge is 2.23. The number of carboxylic acids is 1. The monoisotopic (exact) mass is 418 g/mol. The summed E-state index contributed by atoms with van der Waals surface area (Å²) in [6.45, 7) is 2.93. The molecule has 152 valence electrons. The van der Waals surface area contributed by atoms with Crippen LogP contribution in [0.1, 0.15) is 40.1 Å². The molecule has 1 atom stereocenters. The first-order valence-electron chi connectivity index (χ1n) is 9.91. The molecule has 0 fully saturated rings. The number of aromatic carboxylic acids is 1. The largest absolute Gasteiger partial charge is 0.477 e. The molecule has 4 nitrogen and oxygen atoms in total. The van der Waals surface area contributed by atoms with Gasteiger partial charge >= 0.3 is 5.97 Å². The lowest BCUT2D eigenvalue weighted by Gasteiger charge is -2.15. The van der Waals surface area contributed by atoms with Crippen LogP contribution in [0.5, 0.6) is 0 Å². The summed E-state index contributed by atoms with van der Waals surface area (Å²) in [5.74, 6) is -0.942. The Morgan fingerprint density at radius 3 is 2.40 bits per heavy atom. The average molecular weight is 419 g/mol. The number of para-hydroxylation sites is 1. The van der Waals surface area contributed by atoms with Gasteiger partial charge < -0.3 is 15.0 Å². The zero-order valence-corrected chi connectivity index (χ0v) is 17.4. The van der Waals surface area contributed by atoms with Gasteiger partial charge in [0, 0.05) is 40.6 Å². The Balaban J connectivity index is 1.75. The number of aromatic nitrogens is 1. The standard InChI is InChI=1S/C25H23ClN2O2/c1-17(18-9-3-2-4-10-18)27-15-21-20-12-6-8-14-23(20)28(24(21)25(29)30)16-19-11-5-7-13-22(19)26/h2-14,17,27H,15-16H2,1H3,(H,29,30)/t17-/m0/s1. The Morgan fingerprint density at radius 2 is 1.67 bits per heavy atom. The van der Waals surface area contributed by atoms with E-state index in [1.54, 1.807) is 0 Å². The molecule has 0 aliphatic carbocycles. The second-order valence-corrected chi connectivity index (χ2v) is 7.75. The zero-order chi connectivity index (χ0) is 21.1. The van der Waals surface area contributed by atoms with Crippen LogP contribution in [-0.4, -0.2) is 15.6 Å². The first kappa shape index (κ1) is 20.2. The first-order valence-corrected chi connectivity index (χ1v) is 10.3. The second kappa shape index (κ2) is 8.74. The van der Waals surface area contributed by atoms with Crippen molar-refractivity contribution in [2.24, 2.45) is 0 Å². The molecule has 0 saturated carbocycles. The fourth-order valence-corrected chi connectivity index (χ4v) is 4.07. The molecule has 0 unspecified atom stereocenters. The molecular weight excluding hydrogens is 396 g/mol. The van der Waals surface area contributed by atoms with Crippen LogP contribution in [0.2, 0.25) is 5.02 Å². The van der Waals surface area contributed by atoms with E-state index in [0.29, 0.717) is 23.8 Å². The van der Waals surface area contributed by atoms with Crippen molar-refractivity contribution in [1.82, 2.24) is 9.88 Å². The molecule has 0 saturated heterocycles. The van der Waals surface area contributed by atoms with Crippen LogP contribution in [0.25, 0.3) is 10.9 Å². The van der Waals surface area contributed by atoms with Crippen LogP contribution in [-0.2, 0) is 13.1 Å². The predicted octanol–water partition coefficient (Wildman–Crippen LogP) is 5.89. The number of nitrogens with one attached hydrogen (secondary N) is 1. The smallest absolute Gasteiger partial charge is 0.352 e. The quantitative estimate of drug-likeness (QED) is 0.393. The predicted molar refractivity (Wildman–Crippen MR) is 121 cm³/mol. The van der Waals surface area contributed by atoms with Gasteiger partial charge in [0.15, 0.2) is 0 Å². The minimum absolute atomic E-state index is 0.0959. The highest BCUT2D eigenvalue weighted by molar-refractivity contribution is 6.31. The third-order valence-corrected chi connectivity index (χ3v) is 5.82. The number of hydrogen-bond donors (Lipinski definition) is 2. The molecule has 0 amide bonds. The molecule has 30 heavy (non-hydrogen) atoms. The maximum Gasteiger partial charge on any atom is 0.352 e. The summed E-state index contributed by atoms with van der Waals surface area (Å²) in [5.41, 5.74) is 4.02. The van der Waals surface area contributed by atoms with E-state index in [1.807, 2.05) is 71.3 Å². The van der Waals surface area contributed by atoms with E-state index >= 15 is 0 Å². The Labute approximate surface area is 180 Å². The summed E-state index contributed by atoms with van der Waals surface area (Å²) in [6.07, 6.45) is 0. The fraction of sp³-hybridized carbons (Fsp3) is 0.160. The van der Waals surface area contributed by atoms with Crippen molar-refractivity contribution in [3.05, 3.63) is 106 Å². The first-order chi connectivity index (χ1) is 14.6. The molecule has 4 aromatic rings. The summed E-state index contributed by atoms with van der Waals surface area (Å²) in [5, 5.41) is 15.2. The van der Waals surface area contributed by atoms with E-state index in [0.717, 1.165) is 27.6 Å². The van der Waals surface area contributed by atoms with Crippen molar-refractivity contribution in [3.63, 3.8) is 0 Å². The van der Waals surface area contributed by atoms with Gasteiger partial charge in [-0.15, -0.1) is 0 Å². The third-order valence-electron chi connectivity index (χ3n) is 5.45. The van der Waals surface area contributed by atoms with Gasteiger partial charge in [0.05, 0.1) is 0 Å². The van der Waals surface area contributed by atoms with Crippen LogP contribution >= 0.6 is 11.6 Å². The summed E-state index contributed by atoms with van der Waals surface area (Å²) in [7, 11) is 0.